The zero-order chi connectivity index (χ0) is 25.2. The number of halogens is 1. The molecule has 1 N–H and O–H groups in total. The monoisotopic (exact) mass is 522 g/mol. The molecule has 0 aliphatic heterocycles. The van der Waals surface area contributed by atoms with E-state index < -0.39 is 5.97 Å². The van der Waals surface area contributed by atoms with Crippen LogP contribution in [-0.2, 0) is 16.6 Å². The molecule has 36 heavy (non-hydrogen) atoms. The Balaban J connectivity index is 1.25. The van der Waals surface area contributed by atoms with Crippen molar-refractivity contribution in [3.05, 3.63) is 82.7 Å². The average molecular weight is 523 g/mol. The van der Waals surface area contributed by atoms with Gasteiger partial charge in [0.25, 0.3) is 0 Å². The Morgan fingerprint density at radius 2 is 1.89 bits per heavy atom. The lowest BCUT2D eigenvalue weighted by Gasteiger charge is -2.08. The molecule has 0 radical (unpaired) electrons. The van der Waals surface area contributed by atoms with Crippen LogP contribution in [0.25, 0.3) is 11.1 Å². The molecule has 0 saturated heterocycles. The highest BCUT2D eigenvalue weighted by Crippen LogP contribution is 2.54. The first-order valence-electron chi connectivity index (χ1n) is 11.3. The van der Waals surface area contributed by atoms with Gasteiger partial charge in [-0.2, -0.15) is 0 Å². The number of rotatable bonds is 8. The number of anilines is 1. The van der Waals surface area contributed by atoms with Gasteiger partial charge in [0.05, 0.1) is 12.9 Å². The maximum atomic E-state index is 13.3. The molecule has 4 aromatic rings. The van der Waals surface area contributed by atoms with Gasteiger partial charge in [-0.3, -0.25) is 4.79 Å². The van der Waals surface area contributed by atoms with E-state index in [0.29, 0.717) is 33.1 Å². The third kappa shape index (κ3) is 4.91. The van der Waals surface area contributed by atoms with Crippen LogP contribution in [0.4, 0.5) is 9.39 Å². The number of nitrogens with zero attached hydrogens (tertiary/aromatic N) is 3. The van der Waals surface area contributed by atoms with E-state index in [1.54, 1.807) is 17.5 Å². The predicted octanol–water partition coefficient (Wildman–Crippen LogP) is 5.47. The lowest BCUT2D eigenvalue weighted by atomic mass is 10.0. The molecule has 2 unspecified atom stereocenters. The van der Waals surface area contributed by atoms with Gasteiger partial charge in [0.15, 0.2) is 5.16 Å². The number of carbonyl (C=O) groups is 2. The molecular weight excluding hydrogens is 499 g/mol. The quantitative estimate of drug-likeness (QED) is 0.244. The van der Waals surface area contributed by atoms with Gasteiger partial charge in [0, 0.05) is 23.9 Å². The van der Waals surface area contributed by atoms with E-state index in [2.05, 4.69) is 27.6 Å². The van der Waals surface area contributed by atoms with E-state index >= 15 is 0 Å². The number of methoxy groups -OCH3 is 1. The summed E-state index contributed by atoms with van der Waals surface area (Å²) in [5.74, 6) is 0.561. The van der Waals surface area contributed by atoms with E-state index in [1.807, 2.05) is 29.8 Å². The van der Waals surface area contributed by atoms with Crippen LogP contribution in [0.15, 0.2) is 65.1 Å². The van der Waals surface area contributed by atoms with Crippen LogP contribution < -0.4 is 5.32 Å². The zero-order valence-electron chi connectivity index (χ0n) is 19.6. The van der Waals surface area contributed by atoms with E-state index in [-0.39, 0.29) is 23.0 Å². The van der Waals surface area contributed by atoms with Gasteiger partial charge in [0.2, 0.25) is 5.91 Å². The highest BCUT2D eigenvalue weighted by Gasteiger charge is 2.42. The summed E-state index contributed by atoms with van der Waals surface area (Å²) in [6, 6.07) is 16.2. The summed E-state index contributed by atoms with van der Waals surface area (Å²) >= 11 is 2.50. The van der Waals surface area contributed by atoms with E-state index in [0.717, 1.165) is 12.2 Å². The average Bonchev–Trinajstić information content (AvgIpc) is 3.45. The lowest BCUT2D eigenvalue weighted by Crippen LogP contribution is -2.16. The third-order valence-electron chi connectivity index (χ3n) is 6.14. The van der Waals surface area contributed by atoms with E-state index in [1.165, 1.54) is 47.9 Å². The second kappa shape index (κ2) is 10.2. The van der Waals surface area contributed by atoms with Crippen LogP contribution in [0.1, 0.15) is 40.0 Å². The minimum Gasteiger partial charge on any atom is -0.465 e. The number of aromatic nitrogens is 3. The molecule has 10 heteroatoms. The van der Waals surface area contributed by atoms with Gasteiger partial charge in [0.1, 0.15) is 22.2 Å². The number of hydrogen-bond acceptors (Lipinski definition) is 7. The second-order valence-electron chi connectivity index (χ2n) is 8.45. The number of ether oxygens (including phenoxy) is 1. The molecule has 2 aromatic heterocycles. The predicted molar refractivity (Wildman–Crippen MR) is 138 cm³/mol. The first-order chi connectivity index (χ1) is 17.5. The topological polar surface area (TPSA) is 86.1 Å². The van der Waals surface area contributed by atoms with Gasteiger partial charge < -0.3 is 14.6 Å². The molecule has 2 heterocycles. The first-order valence-corrected chi connectivity index (χ1v) is 13.2. The fraction of sp³-hybridized carbons (Fsp3) is 0.231. The van der Waals surface area contributed by atoms with Crippen LogP contribution in [0, 0.1) is 5.82 Å². The number of hydrogen-bond donors (Lipinski definition) is 1. The first kappa shape index (κ1) is 24.2. The Bertz CT molecular complexity index is 1400. The molecule has 7 nitrogen and oxygen atoms in total. The Kier molecular flexibility index (Phi) is 6.88. The Labute approximate surface area is 215 Å². The molecule has 5 rings (SSSR count). The zero-order valence-corrected chi connectivity index (χ0v) is 21.2. The molecular formula is C26H23FN4O3S2. The highest BCUT2D eigenvalue weighted by atomic mass is 32.2. The molecule has 0 bridgehead atoms. The molecule has 1 fully saturated rings. The normalized spacial score (nSPS) is 16.5. The van der Waals surface area contributed by atoms with Gasteiger partial charge in [-0.15, -0.1) is 21.5 Å². The van der Waals surface area contributed by atoms with Crippen molar-refractivity contribution in [1.82, 2.24) is 14.8 Å². The summed E-state index contributed by atoms with van der Waals surface area (Å²) in [6.07, 6.45) is 1.03. The van der Waals surface area contributed by atoms with Crippen molar-refractivity contribution in [3.8, 4) is 11.1 Å². The standard InChI is InChI=1S/C26H23FN4O3S2/c1-31-23(19-12-18(19)15-6-4-3-5-7-15)29-30-26(31)36-14-21(32)28-24-22(25(33)34-2)20(13-35-24)16-8-10-17(27)11-9-16/h3-11,13,18-19H,12,14H2,1-2H3,(H,28,32). The van der Waals surface area contributed by atoms with Gasteiger partial charge in [-0.1, -0.05) is 54.2 Å². The molecule has 0 spiro atoms. The smallest absolute Gasteiger partial charge is 0.341 e. The molecule has 1 amide bonds. The number of nitrogens with one attached hydrogen (secondary N) is 1. The largest absolute Gasteiger partial charge is 0.465 e. The minimum atomic E-state index is -0.575. The Morgan fingerprint density at radius 1 is 1.14 bits per heavy atom. The second-order valence-corrected chi connectivity index (χ2v) is 10.3. The summed E-state index contributed by atoms with van der Waals surface area (Å²) in [6.45, 7) is 0. The van der Waals surface area contributed by atoms with Crippen molar-refractivity contribution < 1.29 is 18.7 Å². The van der Waals surface area contributed by atoms with Crippen LogP contribution in [0.3, 0.4) is 0 Å². The maximum Gasteiger partial charge on any atom is 0.341 e. The van der Waals surface area contributed by atoms with Crippen molar-refractivity contribution in [2.45, 2.75) is 23.4 Å². The summed E-state index contributed by atoms with van der Waals surface area (Å²) in [5.41, 5.74) is 2.78. The van der Waals surface area contributed by atoms with Gasteiger partial charge in [-0.05, 0) is 35.6 Å². The molecule has 1 saturated carbocycles. The summed E-state index contributed by atoms with van der Waals surface area (Å²) in [5, 5.41) is 14.3. The van der Waals surface area contributed by atoms with Crippen molar-refractivity contribution in [2.24, 2.45) is 7.05 Å². The number of thiophene rings is 1. The van der Waals surface area contributed by atoms with Crippen LogP contribution in [0.2, 0.25) is 0 Å². The fourth-order valence-electron chi connectivity index (χ4n) is 4.21. The van der Waals surface area contributed by atoms with Gasteiger partial charge in [-0.25, -0.2) is 9.18 Å². The number of thioether (sulfide) groups is 1. The Morgan fingerprint density at radius 3 is 2.61 bits per heavy atom. The van der Waals surface area contributed by atoms with E-state index in [4.69, 9.17) is 4.74 Å². The molecule has 2 atom stereocenters. The van der Waals surface area contributed by atoms with Crippen molar-refractivity contribution in [3.63, 3.8) is 0 Å². The summed E-state index contributed by atoms with van der Waals surface area (Å²) < 4.78 is 20.2. The van der Waals surface area contributed by atoms with E-state index in [9.17, 15) is 14.0 Å². The summed E-state index contributed by atoms with van der Waals surface area (Å²) in [4.78, 5) is 25.3. The Hall–Kier alpha value is -3.50. The van der Waals surface area contributed by atoms with Crippen molar-refractivity contribution in [1.29, 1.82) is 0 Å². The number of benzene rings is 2. The lowest BCUT2D eigenvalue weighted by molar-refractivity contribution is -0.113. The number of esters is 1. The molecule has 1 aliphatic carbocycles. The highest BCUT2D eigenvalue weighted by molar-refractivity contribution is 7.99. The van der Waals surface area contributed by atoms with Crippen molar-refractivity contribution in [2.75, 3.05) is 18.2 Å². The maximum absolute atomic E-state index is 13.3. The van der Waals surface area contributed by atoms with Crippen LogP contribution in [-0.4, -0.2) is 39.5 Å². The fourth-order valence-corrected chi connectivity index (χ4v) is 5.90. The molecule has 184 valence electrons. The van der Waals surface area contributed by atoms with Gasteiger partial charge >= 0.3 is 5.97 Å². The van der Waals surface area contributed by atoms with Crippen LogP contribution >= 0.6 is 23.1 Å². The van der Waals surface area contributed by atoms with Crippen molar-refractivity contribution >= 4 is 40.0 Å². The summed E-state index contributed by atoms with van der Waals surface area (Å²) in [7, 11) is 3.20. The minimum absolute atomic E-state index is 0.100. The molecule has 2 aromatic carbocycles. The number of amides is 1. The third-order valence-corrected chi connectivity index (χ3v) is 8.06. The number of carbonyl (C=O) groups excluding carboxylic acids is 2. The van der Waals surface area contributed by atoms with Crippen LogP contribution in [0.5, 0.6) is 0 Å². The molecule has 1 aliphatic rings. The SMILES string of the molecule is COC(=O)c1c(-c2ccc(F)cc2)csc1NC(=O)CSc1nnc(C2CC2c2ccccc2)n1C.